The van der Waals surface area contributed by atoms with Gasteiger partial charge in [0.1, 0.15) is 11.9 Å². The van der Waals surface area contributed by atoms with Crippen LogP contribution < -0.4 is 9.47 Å². The molecule has 174 valence electrons. The fourth-order valence-electron chi connectivity index (χ4n) is 4.42. The van der Waals surface area contributed by atoms with Gasteiger partial charge >= 0.3 is 0 Å². The van der Waals surface area contributed by atoms with Crippen molar-refractivity contribution in [2.45, 2.75) is 49.6 Å². The van der Waals surface area contributed by atoms with Gasteiger partial charge in [0.25, 0.3) is 0 Å². The van der Waals surface area contributed by atoms with E-state index in [9.17, 15) is 0 Å². The molecule has 3 heterocycles. The van der Waals surface area contributed by atoms with Crippen molar-refractivity contribution in [3.8, 4) is 11.6 Å². The molecule has 1 unspecified atom stereocenters. The van der Waals surface area contributed by atoms with Gasteiger partial charge in [-0.05, 0) is 68.8 Å². The number of rotatable bonds is 7. The summed E-state index contributed by atoms with van der Waals surface area (Å²) in [6.45, 7) is 6.01. The van der Waals surface area contributed by atoms with Crippen molar-refractivity contribution >= 4 is 23.1 Å². The lowest BCUT2D eigenvalue weighted by Crippen LogP contribution is -2.44. The molecule has 2 aliphatic rings. The Morgan fingerprint density at radius 2 is 1.70 bits per heavy atom. The number of benzene rings is 1. The first kappa shape index (κ1) is 22.3. The van der Waals surface area contributed by atoms with E-state index < -0.39 is 0 Å². The number of hydrogen-bond donors (Lipinski definition) is 0. The molecule has 0 N–H and O–H groups in total. The Morgan fingerprint density at radius 1 is 0.970 bits per heavy atom. The molecule has 1 atom stereocenters. The minimum atomic E-state index is 0.0791. The molecule has 2 fully saturated rings. The summed E-state index contributed by atoms with van der Waals surface area (Å²) in [6, 6.07) is 8.30. The van der Waals surface area contributed by atoms with Crippen molar-refractivity contribution in [3.05, 3.63) is 42.5 Å². The minimum Gasteiger partial charge on any atom is -0.497 e. The monoisotopic (exact) mass is 466 g/mol. The van der Waals surface area contributed by atoms with Gasteiger partial charge in [-0.3, -0.25) is 4.90 Å². The van der Waals surface area contributed by atoms with E-state index in [-0.39, 0.29) is 12.1 Å². The largest absolute Gasteiger partial charge is 0.497 e. The second-order valence-corrected chi connectivity index (χ2v) is 9.72. The molecule has 0 spiro atoms. The van der Waals surface area contributed by atoms with Crippen molar-refractivity contribution < 1.29 is 9.47 Å². The molecule has 1 aromatic carbocycles. The van der Waals surface area contributed by atoms with E-state index in [0.29, 0.717) is 17.0 Å². The molecule has 3 aromatic rings. The predicted molar refractivity (Wildman–Crippen MR) is 128 cm³/mol. The molecule has 8 nitrogen and oxygen atoms in total. The van der Waals surface area contributed by atoms with E-state index in [1.54, 1.807) is 31.5 Å². The van der Waals surface area contributed by atoms with Crippen LogP contribution >= 0.6 is 11.9 Å². The van der Waals surface area contributed by atoms with Crippen LogP contribution in [-0.2, 0) is 0 Å². The zero-order valence-corrected chi connectivity index (χ0v) is 20.0. The quantitative estimate of drug-likeness (QED) is 0.478. The van der Waals surface area contributed by atoms with Crippen LogP contribution in [0.15, 0.2) is 41.6 Å². The van der Waals surface area contributed by atoms with Gasteiger partial charge in [0.05, 0.1) is 13.2 Å². The van der Waals surface area contributed by atoms with Gasteiger partial charge in [0, 0.05) is 43.5 Å². The third-order valence-electron chi connectivity index (χ3n) is 6.39. The number of piperazine rings is 1. The van der Waals surface area contributed by atoms with E-state index in [4.69, 9.17) is 19.4 Å². The van der Waals surface area contributed by atoms with Gasteiger partial charge in [-0.1, -0.05) is 0 Å². The van der Waals surface area contributed by atoms with Crippen LogP contribution in [0.4, 0.5) is 0 Å². The number of hydrogen-bond acceptors (Lipinski definition) is 9. The zero-order valence-electron chi connectivity index (χ0n) is 19.2. The Labute approximate surface area is 198 Å². The molecule has 9 heteroatoms. The lowest BCUT2D eigenvalue weighted by molar-refractivity contribution is 0.144. The smallest absolute Gasteiger partial charge is 0.246 e. The molecule has 1 aliphatic carbocycles. The van der Waals surface area contributed by atoms with Crippen molar-refractivity contribution in [1.82, 2.24) is 29.1 Å². The van der Waals surface area contributed by atoms with Crippen LogP contribution in [0.25, 0.3) is 11.2 Å². The Balaban J connectivity index is 1.26. The van der Waals surface area contributed by atoms with Crippen LogP contribution in [0.1, 0.15) is 44.5 Å². The van der Waals surface area contributed by atoms with Gasteiger partial charge < -0.3 is 9.47 Å². The summed E-state index contributed by atoms with van der Waals surface area (Å²) in [5.74, 6) is 2.22. The van der Waals surface area contributed by atoms with Gasteiger partial charge in [-0.25, -0.2) is 19.3 Å². The van der Waals surface area contributed by atoms with Crippen LogP contribution in [0.3, 0.4) is 0 Å². The maximum Gasteiger partial charge on any atom is 0.246 e. The average Bonchev–Trinajstić information content (AvgIpc) is 3.38. The first-order valence-electron chi connectivity index (χ1n) is 11.7. The van der Waals surface area contributed by atoms with Crippen molar-refractivity contribution in [3.63, 3.8) is 0 Å². The molecular formula is C24H30N6O2S. The Kier molecular flexibility index (Phi) is 6.89. The third-order valence-corrected chi connectivity index (χ3v) is 7.49. The van der Waals surface area contributed by atoms with E-state index in [1.807, 2.05) is 12.1 Å². The van der Waals surface area contributed by atoms with E-state index >= 15 is 0 Å². The lowest BCUT2D eigenvalue weighted by atomic mass is 10.2. The highest BCUT2D eigenvalue weighted by molar-refractivity contribution is 7.97. The molecular weight excluding hydrogens is 436 g/mol. The predicted octanol–water partition coefficient (Wildman–Crippen LogP) is 4.14. The second-order valence-electron chi connectivity index (χ2n) is 8.55. The van der Waals surface area contributed by atoms with E-state index in [1.165, 1.54) is 17.7 Å². The summed E-state index contributed by atoms with van der Waals surface area (Å²) in [5.41, 5.74) is 1.26. The summed E-state index contributed by atoms with van der Waals surface area (Å²) in [5, 5.41) is 0. The lowest BCUT2D eigenvalue weighted by Gasteiger charge is -2.36. The maximum atomic E-state index is 6.27. The average molecular weight is 467 g/mol. The highest BCUT2D eigenvalue weighted by Crippen LogP contribution is 2.30. The van der Waals surface area contributed by atoms with Gasteiger partial charge in [0.2, 0.25) is 5.88 Å². The summed E-state index contributed by atoms with van der Waals surface area (Å²) >= 11 is 1.80. The molecule has 0 amide bonds. The molecule has 2 aromatic heterocycles. The van der Waals surface area contributed by atoms with Gasteiger partial charge in [-0.2, -0.15) is 4.98 Å². The van der Waals surface area contributed by atoms with Gasteiger partial charge in [0.15, 0.2) is 17.0 Å². The molecule has 1 saturated heterocycles. The molecule has 5 rings (SSSR count). The molecule has 1 aliphatic heterocycles. The summed E-state index contributed by atoms with van der Waals surface area (Å²) in [7, 11) is 1.69. The summed E-state index contributed by atoms with van der Waals surface area (Å²) < 4.78 is 13.9. The fourth-order valence-corrected chi connectivity index (χ4v) is 5.32. The molecule has 1 saturated carbocycles. The Hall–Kier alpha value is -2.49. The van der Waals surface area contributed by atoms with Gasteiger partial charge in [-0.15, -0.1) is 0 Å². The molecule has 33 heavy (non-hydrogen) atoms. The van der Waals surface area contributed by atoms with Crippen LogP contribution in [0.5, 0.6) is 11.6 Å². The number of methoxy groups -OCH3 is 1. The maximum absolute atomic E-state index is 6.27. The number of nitrogens with zero attached hydrogens (tertiary/aromatic N) is 6. The van der Waals surface area contributed by atoms with Crippen molar-refractivity contribution in [1.29, 1.82) is 0 Å². The van der Waals surface area contributed by atoms with Crippen LogP contribution in [0.2, 0.25) is 0 Å². The second kappa shape index (κ2) is 10.2. The van der Waals surface area contributed by atoms with Crippen LogP contribution in [-0.4, -0.2) is 68.5 Å². The molecule has 0 bridgehead atoms. The summed E-state index contributed by atoms with van der Waals surface area (Å²) in [6.07, 6.45) is 8.14. The highest BCUT2D eigenvalue weighted by Gasteiger charge is 2.27. The van der Waals surface area contributed by atoms with Crippen molar-refractivity contribution in [2.75, 3.05) is 33.3 Å². The zero-order chi connectivity index (χ0) is 22.6. The number of aromatic nitrogens is 4. The minimum absolute atomic E-state index is 0.0791. The first-order valence-corrected chi connectivity index (χ1v) is 12.4. The Bertz CT molecular complexity index is 1070. The normalized spacial score (nSPS) is 19.1. The third kappa shape index (κ3) is 5.20. The number of ether oxygens (including phenoxy) is 2. The first-order chi connectivity index (χ1) is 16.2. The standard InChI is InChI=1S/C24H30N6O2S/c1-17(29-13-15-30(16-14-29)33-20-9-7-18(31-2)8-10-20)22-27-23-21(25-11-12-26-23)24(28-22)32-19-5-3-4-6-19/h7-12,17,19H,3-6,13-16H2,1-2H3. The highest BCUT2D eigenvalue weighted by atomic mass is 32.2. The Morgan fingerprint density at radius 3 is 2.42 bits per heavy atom. The molecule has 0 radical (unpaired) electrons. The topological polar surface area (TPSA) is 76.5 Å². The number of fused-ring (bicyclic) bond motifs is 1. The van der Waals surface area contributed by atoms with E-state index in [0.717, 1.165) is 50.6 Å². The SMILES string of the molecule is COc1ccc(SN2CCN(C(C)c3nc(OC4CCCC4)c4nccnc4n3)CC2)cc1. The van der Waals surface area contributed by atoms with Crippen LogP contribution in [0, 0.1) is 0 Å². The van der Waals surface area contributed by atoms with E-state index in [2.05, 4.69) is 38.2 Å². The van der Waals surface area contributed by atoms with Crippen molar-refractivity contribution in [2.24, 2.45) is 0 Å². The fraction of sp³-hybridized carbons (Fsp3) is 0.500. The summed E-state index contributed by atoms with van der Waals surface area (Å²) in [4.78, 5) is 22.1.